The Kier molecular flexibility index (Phi) is 8.78. The van der Waals surface area contributed by atoms with E-state index >= 15 is 0 Å². The number of sulfonamides is 1. The predicted molar refractivity (Wildman–Crippen MR) is 87.9 cm³/mol. The van der Waals surface area contributed by atoms with Crippen molar-refractivity contribution in [2.45, 2.75) is 24.7 Å². The lowest BCUT2D eigenvalue weighted by Gasteiger charge is -2.08. The molecule has 0 bridgehead atoms. The van der Waals surface area contributed by atoms with E-state index in [0.29, 0.717) is 38.5 Å². The van der Waals surface area contributed by atoms with Crippen LogP contribution in [0.15, 0.2) is 29.2 Å². The van der Waals surface area contributed by atoms with Crippen LogP contribution in [0.4, 0.5) is 5.69 Å². The van der Waals surface area contributed by atoms with Crippen LogP contribution in [0.1, 0.15) is 19.8 Å². The molecule has 0 heterocycles. The Morgan fingerprint density at radius 1 is 1.17 bits per heavy atom. The maximum absolute atomic E-state index is 12.0. The van der Waals surface area contributed by atoms with Crippen LogP contribution in [0, 0.1) is 0 Å². The lowest BCUT2D eigenvalue weighted by atomic mass is 10.3. The summed E-state index contributed by atoms with van der Waals surface area (Å²) in [5.41, 5.74) is 0.546. The molecule has 0 radical (unpaired) electrons. The van der Waals surface area contributed by atoms with Crippen molar-refractivity contribution in [2.75, 3.05) is 38.8 Å². The molecule has 0 aliphatic heterocycles. The molecule has 1 aromatic carbocycles. The van der Waals surface area contributed by atoms with E-state index in [1.54, 1.807) is 19.2 Å². The highest BCUT2D eigenvalue weighted by atomic mass is 32.2. The van der Waals surface area contributed by atoms with Crippen LogP contribution in [0.3, 0.4) is 0 Å². The van der Waals surface area contributed by atoms with Crippen LogP contribution in [0.5, 0.6) is 0 Å². The highest BCUT2D eigenvalue weighted by molar-refractivity contribution is 7.89. The molecule has 0 saturated carbocycles. The third-order valence-corrected chi connectivity index (χ3v) is 4.42. The number of benzene rings is 1. The second-order valence-corrected chi connectivity index (χ2v) is 6.53. The van der Waals surface area contributed by atoms with Gasteiger partial charge in [0.25, 0.3) is 0 Å². The molecule has 7 nitrogen and oxygen atoms in total. The van der Waals surface area contributed by atoms with Gasteiger partial charge in [-0.1, -0.05) is 0 Å². The number of hydrogen-bond acceptors (Lipinski definition) is 5. The van der Waals surface area contributed by atoms with E-state index in [0.717, 1.165) is 0 Å². The van der Waals surface area contributed by atoms with E-state index < -0.39 is 10.0 Å². The zero-order valence-corrected chi connectivity index (χ0v) is 14.3. The number of nitrogens with one attached hydrogen (secondary N) is 2. The first-order chi connectivity index (χ1) is 11.0. The molecule has 2 N–H and O–H groups in total. The van der Waals surface area contributed by atoms with Gasteiger partial charge in [0.2, 0.25) is 15.9 Å². The number of methoxy groups -OCH3 is 1. The number of rotatable bonds is 11. The minimum Gasteiger partial charge on any atom is -0.385 e. The third-order valence-electron chi connectivity index (χ3n) is 2.94. The quantitative estimate of drug-likeness (QED) is 0.591. The van der Waals surface area contributed by atoms with Gasteiger partial charge in [0, 0.05) is 32.6 Å². The molecule has 1 rings (SSSR count). The number of ether oxygens (including phenoxy) is 2. The van der Waals surface area contributed by atoms with Gasteiger partial charge >= 0.3 is 0 Å². The fraction of sp³-hybridized carbons (Fsp3) is 0.533. The lowest BCUT2D eigenvalue weighted by molar-refractivity contribution is -0.117. The van der Waals surface area contributed by atoms with Gasteiger partial charge in [0.05, 0.1) is 17.9 Å². The summed E-state index contributed by atoms with van der Waals surface area (Å²) in [6.45, 7) is 3.60. The summed E-state index contributed by atoms with van der Waals surface area (Å²) in [5, 5.41) is 2.69. The van der Waals surface area contributed by atoms with Crippen molar-refractivity contribution in [3.05, 3.63) is 24.3 Å². The minimum atomic E-state index is -3.54. The highest BCUT2D eigenvalue weighted by Gasteiger charge is 2.13. The lowest BCUT2D eigenvalue weighted by Crippen LogP contribution is -2.25. The van der Waals surface area contributed by atoms with Crippen molar-refractivity contribution in [1.82, 2.24) is 4.72 Å². The van der Waals surface area contributed by atoms with Gasteiger partial charge in [-0.05, 0) is 37.6 Å². The van der Waals surface area contributed by atoms with Crippen LogP contribution in [0.2, 0.25) is 0 Å². The maximum atomic E-state index is 12.0. The van der Waals surface area contributed by atoms with Gasteiger partial charge in [0.1, 0.15) is 0 Å². The smallest absolute Gasteiger partial charge is 0.240 e. The van der Waals surface area contributed by atoms with E-state index in [4.69, 9.17) is 9.47 Å². The first kappa shape index (κ1) is 19.6. The Morgan fingerprint density at radius 3 is 2.48 bits per heavy atom. The Morgan fingerprint density at radius 2 is 1.87 bits per heavy atom. The summed E-state index contributed by atoms with van der Waals surface area (Å²) in [6.07, 6.45) is 0.860. The third kappa shape index (κ3) is 7.56. The van der Waals surface area contributed by atoms with E-state index in [1.807, 2.05) is 6.92 Å². The van der Waals surface area contributed by atoms with E-state index in [-0.39, 0.29) is 17.2 Å². The second kappa shape index (κ2) is 10.3. The van der Waals surface area contributed by atoms with Crippen molar-refractivity contribution in [1.29, 1.82) is 0 Å². The van der Waals surface area contributed by atoms with E-state index in [2.05, 4.69) is 10.0 Å². The summed E-state index contributed by atoms with van der Waals surface area (Å²) in [4.78, 5) is 11.8. The SMILES string of the molecule is CCOCCC(=O)Nc1ccc(S(=O)(=O)NCCCOC)cc1. The molecule has 0 spiro atoms. The Hall–Kier alpha value is -1.48. The van der Waals surface area contributed by atoms with Crippen molar-refractivity contribution in [3.63, 3.8) is 0 Å². The molecular formula is C15H24N2O5S. The molecule has 8 heteroatoms. The fourth-order valence-electron chi connectivity index (χ4n) is 1.76. The number of hydrogen-bond donors (Lipinski definition) is 2. The topological polar surface area (TPSA) is 93.7 Å². The van der Waals surface area contributed by atoms with Crippen LogP contribution < -0.4 is 10.0 Å². The van der Waals surface area contributed by atoms with Gasteiger partial charge in [-0.3, -0.25) is 4.79 Å². The van der Waals surface area contributed by atoms with Gasteiger partial charge in [0.15, 0.2) is 0 Å². The van der Waals surface area contributed by atoms with Gasteiger partial charge in [-0.15, -0.1) is 0 Å². The molecule has 0 fully saturated rings. The average Bonchev–Trinajstić information content (AvgIpc) is 2.52. The zero-order valence-electron chi connectivity index (χ0n) is 13.5. The first-order valence-electron chi connectivity index (χ1n) is 7.46. The number of anilines is 1. The van der Waals surface area contributed by atoms with Crippen molar-refractivity contribution in [3.8, 4) is 0 Å². The number of amides is 1. The van der Waals surface area contributed by atoms with Crippen molar-refractivity contribution in [2.24, 2.45) is 0 Å². The molecular weight excluding hydrogens is 320 g/mol. The average molecular weight is 344 g/mol. The summed E-state index contributed by atoms with van der Waals surface area (Å²) in [5.74, 6) is -0.174. The first-order valence-corrected chi connectivity index (χ1v) is 8.94. The molecule has 0 aliphatic carbocycles. The molecule has 1 aromatic rings. The molecule has 0 aliphatic rings. The Balaban J connectivity index is 2.53. The normalized spacial score (nSPS) is 11.4. The summed E-state index contributed by atoms with van der Waals surface area (Å²) in [6, 6.07) is 6.03. The fourth-order valence-corrected chi connectivity index (χ4v) is 2.83. The maximum Gasteiger partial charge on any atom is 0.240 e. The monoisotopic (exact) mass is 344 g/mol. The summed E-state index contributed by atoms with van der Waals surface area (Å²) >= 11 is 0. The molecule has 0 unspecified atom stereocenters. The number of carbonyl (C=O) groups excluding carboxylic acids is 1. The van der Waals surface area contributed by atoms with Gasteiger partial charge in [-0.2, -0.15) is 0 Å². The van der Waals surface area contributed by atoms with Crippen LogP contribution in [-0.4, -0.2) is 47.8 Å². The summed E-state index contributed by atoms with van der Waals surface area (Å²) in [7, 11) is -1.98. The van der Waals surface area contributed by atoms with Crippen LogP contribution in [-0.2, 0) is 24.3 Å². The van der Waals surface area contributed by atoms with Crippen LogP contribution in [0.25, 0.3) is 0 Å². The van der Waals surface area contributed by atoms with E-state index in [9.17, 15) is 13.2 Å². The second-order valence-electron chi connectivity index (χ2n) is 4.76. The van der Waals surface area contributed by atoms with E-state index in [1.165, 1.54) is 12.1 Å². The molecule has 0 saturated heterocycles. The largest absolute Gasteiger partial charge is 0.385 e. The van der Waals surface area contributed by atoms with Crippen LogP contribution >= 0.6 is 0 Å². The van der Waals surface area contributed by atoms with Crippen molar-refractivity contribution >= 4 is 21.6 Å². The van der Waals surface area contributed by atoms with Gasteiger partial charge < -0.3 is 14.8 Å². The van der Waals surface area contributed by atoms with Crippen molar-refractivity contribution < 1.29 is 22.7 Å². The predicted octanol–water partition coefficient (Wildman–Crippen LogP) is 1.37. The summed E-state index contributed by atoms with van der Waals surface area (Å²) < 4.78 is 36.6. The highest BCUT2D eigenvalue weighted by Crippen LogP contribution is 2.14. The molecule has 0 aromatic heterocycles. The Bertz CT molecular complexity index is 572. The number of carbonyl (C=O) groups is 1. The van der Waals surface area contributed by atoms with Gasteiger partial charge in [-0.25, -0.2) is 13.1 Å². The zero-order chi connectivity index (χ0) is 17.1. The minimum absolute atomic E-state index is 0.155. The molecule has 23 heavy (non-hydrogen) atoms. The molecule has 1 amide bonds. The Labute approximate surface area is 137 Å². The molecule has 130 valence electrons. The molecule has 0 atom stereocenters. The standard InChI is InChI=1S/C15H24N2O5S/c1-3-22-12-9-15(18)17-13-5-7-14(8-6-13)23(19,20)16-10-4-11-21-2/h5-8,16H,3-4,9-12H2,1-2H3,(H,17,18).